The Balaban J connectivity index is 0. The molecule has 5 N–H and O–H groups in total. The first-order valence-corrected chi connectivity index (χ1v) is 11.5. The van der Waals surface area contributed by atoms with E-state index in [-0.39, 0.29) is 49.6 Å². The summed E-state index contributed by atoms with van der Waals surface area (Å²) in [5.41, 5.74) is 14.6. The van der Waals surface area contributed by atoms with E-state index in [0.29, 0.717) is 0 Å². The van der Waals surface area contributed by atoms with Crippen LogP contribution in [0.2, 0.25) is 0 Å². The minimum Gasteiger partial charge on any atom is -0.384 e. The molecule has 0 aliphatic heterocycles. The standard InChI is InChI=1S/C25H37N5.4ClH/c26-15-6-9-19-30(20-10-16-27)18-8-1-7-17-28-25-21-11-2-4-13-23(21)29-24-14-5-3-12-22(24)25;;;;/h2-5,11-14H,1,6-10,15-20,26-27H2,(H,28,29);4*1H. The Bertz CT molecular complexity index is 859. The highest BCUT2D eigenvalue weighted by Gasteiger charge is 2.08. The minimum atomic E-state index is 0. The third-order valence-electron chi connectivity index (χ3n) is 5.65. The first kappa shape index (κ1) is 35.1. The summed E-state index contributed by atoms with van der Waals surface area (Å²) in [7, 11) is 0. The summed E-state index contributed by atoms with van der Waals surface area (Å²) in [6, 6.07) is 16.8. The number of unbranched alkanes of at least 4 members (excludes halogenated alkanes) is 3. The molecule has 5 nitrogen and oxygen atoms in total. The van der Waals surface area contributed by atoms with Gasteiger partial charge in [0.15, 0.2) is 0 Å². The zero-order valence-corrected chi connectivity index (χ0v) is 23.1. The molecule has 1 aromatic heterocycles. The lowest BCUT2D eigenvalue weighted by Gasteiger charge is -2.22. The van der Waals surface area contributed by atoms with E-state index >= 15 is 0 Å². The average Bonchev–Trinajstić information content (AvgIpc) is 2.78. The monoisotopic (exact) mass is 551 g/mol. The number of aromatic nitrogens is 1. The summed E-state index contributed by atoms with van der Waals surface area (Å²) in [5.74, 6) is 0. The zero-order valence-electron chi connectivity index (χ0n) is 19.8. The lowest BCUT2D eigenvalue weighted by Crippen LogP contribution is -2.29. The van der Waals surface area contributed by atoms with Crippen molar-refractivity contribution in [2.75, 3.05) is 44.6 Å². The van der Waals surface area contributed by atoms with Crippen molar-refractivity contribution in [1.29, 1.82) is 0 Å². The van der Waals surface area contributed by atoms with Crippen molar-refractivity contribution in [3.63, 3.8) is 0 Å². The lowest BCUT2D eigenvalue weighted by atomic mass is 10.1. The summed E-state index contributed by atoms with van der Waals surface area (Å²) >= 11 is 0. The summed E-state index contributed by atoms with van der Waals surface area (Å²) in [6.45, 7) is 5.94. The molecule has 0 aliphatic carbocycles. The normalized spacial score (nSPS) is 10.2. The molecule has 0 atom stereocenters. The van der Waals surface area contributed by atoms with Crippen LogP contribution in [-0.2, 0) is 0 Å². The number of anilines is 1. The fourth-order valence-electron chi connectivity index (χ4n) is 4.01. The first-order chi connectivity index (χ1) is 14.8. The van der Waals surface area contributed by atoms with Crippen molar-refractivity contribution in [1.82, 2.24) is 9.88 Å². The molecule has 0 saturated heterocycles. The summed E-state index contributed by atoms with van der Waals surface area (Å²) in [6.07, 6.45) is 6.99. The molecule has 34 heavy (non-hydrogen) atoms. The van der Waals surface area contributed by atoms with Crippen LogP contribution in [0.15, 0.2) is 48.5 Å². The van der Waals surface area contributed by atoms with Gasteiger partial charge in [-0.25, -0.2) is 4.98 Å². The van der Waals surface area contributed by atoms with E-state index in [1.165, 1.54) is 42.1 Å². The summed E-state index contributed by atoms with van der Waals surface area (Å²) in [5, 5.41) is 6.11. The SMILES string of the molecule is Cl.Cl.Cl.Cl.NCCCCN(CCCN)CCCCCNc1c2ccccc2nc2ccccc12. The van der Waals surface area contributed by atoms with Crippen molar-refractivity contribution in [3.8, 4) is 0 Å². The van der Waals surface area contributed by atoms with Crippen LogP contribution in [0.25, 0.3) is 21.8 Å². The quantitative estimate of drug-likeness (QED) is 0.167. The van der Waals surface area contributed by atoms with E-state index in [2.05, 4.69) is 58.7 Å². The van der Waals surface area contributed by atoms with Gasteiger partial charge < -0.3 is 21.7 Å². The molecule has 3 aromatic rings. The van der Waals surface area contributed by atoms with Crippen molar-refractivity contribution >= 4 is 77.1 Å². The highest BCUT2D eigenvalue weighted by Crippen LogP contribution is 2.30. The van der Waals surface area contributed by atoms with Crippen LogP contribution < -0.4 is 16.8 Å². The average molecular weight is 553 g/mol. The van der Waals surface area contributed by atoms with Gasteiger partial charge in [0.05, 0.1) is 16.7 Å². The number of nitrogens with two attached hydrogens (primary N) is 2. The Hall–Kier alpha value is -1.05. The Morgan fingerprint density at radius 3 is 1.68 bits per heavy atom. The second kappa shape index (κ2) is 20.2. The first-order valence-electron chi connectivity index (χ1n) is 11.5. The third kappa shape index (κ3) is 10.7. The second-order valence-corrected chi connectivity index (χ2v) is 7.99. The molecule has 0 fully saturated rings. The van der Waals surface area contributed by atoms with E-state index in [9.17, 15) is 0 Å². The number of benzene rings is 2. The molecule has 0 bridgehead atoms. The molecule has 0 amide bonds. The molecule has 0 spiro atoms. The minimum absolute atomic E-state index is 0. The van der Waals surface area contributed by atoms with Crippen molar-refractivity contribution in [2.24, 2.45) is 11.5 Å². The smallest absolute Gasteiger partial charge is 0.0730 e. The molecular formula is C25H41Cl4N5. The molecule has 0 aliphatic rings. The number of para-hydroxylation sites is 2. The number of rotatable bonds is 14. The van der Waals surface area contributed by atoms with Crippen LogP contribution in [0.5, 0.6) is 0 Å². The van der Waals surface area contributed by atoms with Crippen LogP contribution in [0.4, 0.5) is 5.69 Å². The topological polar surface area (TPSA) is 80.2 Å². The molecule has 3 rings (SSSR count). The van der Waals surface area contributed by atoms with Gasteiger partial charge in [-0.05, 0) is 77.0 Å². The van der Waals surface area contributed by atoms with Crippen LogP contribution >= 0.6 is 49.6 Å². The van der Waals surface area contributed by atoms with Crippen LogP contribution in [0.3, 0.4) is 0 Å². The molecule has 2 aromatic carbocycles. The Morgan fingerprint density at radius 1 is 0.618 bits per heavy atom. The van der Waals surface area contributed by atoms with Gasteiger partial charge in [-0.2, -0.15) is 0 Å². The molecule has 0 radical (unpaired) electrons. The zero-order chi connectivity index (χ0) is 21.0. The number of nitrogens with zero attached hydrogens (tertiary/aromatic N) is 2. The highest BCUT2D eigenvalue weighted by molar-refractivity contribution is 6.07. The van der Waals surface area contributed by atoms with Crippen LogP contribution in [0, 0.1) is 0 Å². The maximum atomic E-state index is 5.70. The van der Waals surface area contributed by atoms with E-state index < -0.39 is 0 Å². The van der Waals surface area contributed by atoms with Gasteiger partial charge in [-0.15, -0.1) is 49.6 Å². The van der Waals surface area contributed by atoms with Gasteiger partial charge in [0, 0.05) is 17.3 Å². The van der Waals surface area contributed by atoms with Gasteiger partial charge in [-0.1, -0.05) is 42.8 Å². The number of nitrogens with one attached hydrogen (secondary N) is 1. The number of hydrogen-bond donors (Lipinski definition) is 3. The lowest BCUT2D eigenvalue weighted by molar-refractivity contribution is 0.261. The maximum Gasteiger partial charge on any atom is 0.0730 e. The number of hydrogen-bond acceptors (Lipinski definition) is 5. The molecule has 1 heterocycles. The molecule has 9 heteroatoms. The van der Waals surface area contributed by atoms with Crippen molar-refractivity contribution in [2.45, 2.75) is 38.5 Å². The maximum absolute atomic E-state index is 5.70. The van der Waals surface area contributed by atoms with E-state index in [0.717, 1.165) is 63.1 Å². The largest absolute Gasteiger partial charge is 0.384 e. The predicted octanol–water partition coefficient (Wildman–Crippen LogP) is 6.05. The van der Waals surface area contributed by atoms with Gasteiger partial charge in [0.25, 0.3) is 0 Å². The van der Waals surface area contributed by atoms with Crippen molar-refractivity contribution in [3.05, 3.63) is 48.5 Å². The van der Waals surface area contributed by atoms with Crippen molar-refractivity contribution < 1.29 is 0 Å². The Labute approximate surface area is 229 Å². The second-order valence-electron chi connectivity index (χ2n) is 7.99. The van der Waals surface area contributed by atoms with Gasteiger partial charge in [0.2, 0.25) is 0 Å². The molecule has 194 valence electrons. The van der Waals surface area contributed by atoms with Gasteiger partial charge in [0.1, 0.15) is 0 Å². The Morgan fingerprint density at radius 2 is 1.12 bits per heavy atom. The fourth-order valence-corrected chi connectivity index (χ4v) is 4.01. The van der Waals surface area contributed by atoms with E-state index in [1.807, 2.05) is 0 Å². The van der Waals surface area contributed by atoms with Gasteiger partial charge in [-0.3, -0.25) is 0 Å². The molecule has 0 saturated carbocycles. The third-order valence-corrected chi connectivity index (χ3v) is 5.65. The Kier molecular flexibility index (Phi) is 20.8. The summed E-state index contributed by atoms with van der Waals surface area (Å²) < 4.78 is 0. The molecular weight excluding hydrogens is 512 g/mol. The van der Waals surface area contributed by atoms with Gasteiger partial charge >= 0.3 is 0 Å². The molecule has 0 unspecified atom stereocenters. The number of fused-ring (bicyclic) bond motifs is 2. The predicted molar refractivity (Wildman–Crippen MR) is 159 cm³/mol. The van der Waals surface area contributed by atoms with Crippen LogP contribution in [0.1, 0.15) is 38.5 Å². The van der Waals surface area contributed by atoms with E-state index in [1.54, 1.807) is 0 Å². The van der Waals surface area contributed by atoms with E-state index in [4.69, 9.17) is 16.5 Å². The number of halogens is 4. The van der Waals surface area contributed by atoms with Crippen LogP contribution in [-0.4, -0.2) is 49.2 Å². The number of pyridine rings is 1. The highest BCUT2D eigenvalue weighted by atomic mass is 35.5. The summed E-state index contributed by atoms with van der Waals surface area (Å²) in [4.78, 5) is 7.36. The fraction of sp³-hybridized carbons (Fsp3) is 0.480.